The van der Waals surface area contributed by atoms with Gasteiger partial charge in [0.05, 0.1) is 0 Å². The number of benzene rings is 1. The third kappa shape index (κ3) is 2.30. The zero-order valence-corrected chi connectivity index (χ0v) is 10.3. The van der Waals surface area contributed by atoms with Crippen LogP contribution in [-0.2, 0) is 19.4 Å². The predicted octanol–water partition coefficient (Wildman–Crippen LogP) is 2.76. The van der Waals surface area contributed by atoms with Crippen LogP contribution in [0.5, 0.6) is 0 Å². The maximum absolute atomic E-state index is 5.76. The number of nitrogens with one attached hydrogen (secondary N) is 1. The van der Waals surface area contributed by atoms with Crippen molar-refractivity contribution in [2.24, 2.45) is 0 Å². The first kappa shape index (κ1) is 11.1. The summed E-state index contributed by atoms with van der Waals surface area (Å²) < 4.78 is 0. The number of nitrogens with zero attached hydrogens (tertiary/aromatic N) is 1. The number of aryl methyl sites for hydroxylation is 2. The molecule has 0 amide bonds. The van der Waals surface area contributed by atoms with Gasteiger partial charge in [0.15, 0.2) is 0 Å². The maximum atomic E-state index is 5.76. The summed E-state index contributed by atoms with van der Waals surface area (Å²) in [6.07, 6.45) is 3.53. The average molecular weight is 239 g/mol. The number of nitrogen functional groups attached to an aromatic ring is 1. The van der Waals surface area contributed by atoms with Gasteiger partial charge >= 0.3 is 0 Å². The lowest BCUT2D eigenvalue weighted by molar-refractivity contribution is 0.899. The highest BCUT2D eigenvalue weighted by atomic mass is 15.0. The normalized spacial score (nSPS) is 13.3. The number of pyridine rings is 1. The first-order valence-electron chi connectivity index (χ1n) is 6.38. The molecule has 0 fully saturated rings. The van der Waals surface area contributed by atoms with Crippen LogP contribution in [0.3, 0.4) is 0 Å². The molecule has 1 aliphatic carbocycles. The summed E-state index contributed by atoms with van der Waals surface area (Å²) in [7, 11) is 0. The summed E-state index contributed by atoms with van der Waals surface area (Å²) in [5, 5.41) is 3.35. The Labute approximate surface area is 107 Å². The van der Waals surface area contributed by atoms with E-state index in [1.807, 2.05) is 18.2 Å². The Morgan fingerprint density at radius 1 is 1.17 bits per heavy atom. The van der Waals surface area contributed by atoms with E-state index in [1.54, 1.807) is 0 Å². The summed E-state index contributed by atoms with van der Waals surface area (Å²) in [6, 6.07) is 12.2. The van der Waals surface area contributed by atoms with E-state index in [0.29, 0.717) is 0 Å². The fourth-order valence-electron chi connectivity index (χ4n) is 2.41. The smallest absolute Gasteiger partial charge is 0.126 e. The standard InChI is InChI=1S/C15H17N3/c16-13-5-1-3-11(9-13)10-17-15-8-7-12-4-2-6-14(12)18-15/h1,3,5,7-9H,2,4,6,10,16H2,(H,17,18). The molecule has 3 nitrogen and oxygen atoms in total. The molecule has 0 saturated carbocycles. The van der Waals surface area contributed by atoms with E-state index < -0.39 is 0 Å². The number of nitrogens with two attached hydrogens (primary N) is 1. The number of hydrogen-bond donors (Lipinski definition) is 2. The second-order valence-electron chi connectivity index (χ2n) is 4.75. The molecular formula is C15H17N3. The van der Waals surface area contributed by atoms with E-state index in [0.717, 1.165) is 24.5 Å². The van der Waals surface area contributed by atoms with Crippen molar-refractivity contribution in [1.29, 1.82) is 0 Å². The van der Waals surface area contributed by atoms with Crippen LogP contribution in [0.4, 0.5) is 11.5 Å². The SMILES string of the molecule is Nc1cccc(CNc2ccc3c(n2)CCC3)c1. The molecule has 3 N–H and O–H groups in total. The molecule has 1 heterocycles. The van der Waals surface area contributed by atoms with Gasteiger partial charge in [-0.1, -0.05) is 18.2 Å². The van der Waals surface area contributed by atoms with Crippen molar-refractivity contribution < 1.29 is 0 Å². The van der Waals surface area contributed by atoms with Gasteiger partial charge in [0.2, 0.25) is 0 Å². The van der Waals surface area contributed by atoms with Gasteiger partial charge in [-0.3, -0.25) is 0 Å². The van der Waals surface area contributed by atoms with Crippen molar-refractivity contribution >= 4 is 11.5 Å². The van der Waals surface area contributed by atoms with Gasteiger partial charge in [-0.2, -0.15) is 0 Å². The Balaban J connectivity index is 1.70. The van der Waals surface area contributed by atoms with Crippen molar-refractivity contribution in [1.82, 2.24) is 4.98 Å². The zero-order valence-electron chi connectivity index (χ0n) is 10.3. The minimum Gasteiger partial charge on any atom is -0.399 e. The number of fused-ring (bicyclic) bond motifs is 1. The molecule has 1 aromatic heterocycles. The highest BCUT2D eigenvalue weighted by molar-refractivity contribution is 5.44. The van der Waals surface area contributed by atoms with E-state index in [9.17, 15) is 0 Å². The van der Waals surface area contributed by atoms with Crippen LogP contribution in [-0.4, -0.2) is 4.98 Å². The number of aromatic nitrogens is 1. The van der Waals surface area contributed by atoms with E-state index in [2.05, 4.69) is 28.5 Å². The van der Waals surface area contributed by atoms with E-state index in [-0.39, 0.29) is 0 Å². The Morgan fingerprint density at radius 3 is 3.00 bits per heavy atom. The molecular weight excluding hydrogens is 222 g/mol. The summed E-state index contributed by atoms with van der Waals surface area (Å²) >= 11 is 0. The van der Waals surface area contributed by atoms with Crippen LogP contribution in [0.15, 0.2) is 36.4 Å². The Bertz CT molecular complexity index is 563. The highest BCUT2D eigenvalue weighted by Gasteiger charge is 2.12. The van der Waals surface area contributed by atoms with Gasteiger partial charge in [-0.25, -0.2) is 4.98 Å². The molecule has 2 aromatic rings. The Kier molecular flexibility index (Phi) is 2.89. The fourth-order valence-corrected chi connectivity index (χ4v) is 2.41. The minimum absolute atomic E-state index is 0.761. The molecule has 92 valence electrons. The molecule has 1 aliphatic rings. The lowest BCUT2D eigenvalue weighted by atomic mass is 10.2. The van der Waals surface area contributed by atoms with Crippen LogP contribution in [0.25, 0.3) is 0 Å². The van der Waals surface area contributed by atoms with Crippen molar-refractivity contribution in [2.45, 2.75) is 25.8 Å². The second-order valence-corrected chi connectivity index (χ2v) is 4.75. The molecule has 0 bridgehead atoms. The summed E-state index contributed by atoms with van der Waals surface area (Å²) in [5.74, 6) is 0.957. The topological polar surface area (TPSA) is 50.9 Å². The van der Waals surface area contributed by atoms with Gasteiger partial charge in [0.25, 0.3) is 0 Å². The van der Waals surface area contributed by atoms with Gasteiger partial charge in [-0.05, 0) is 48.6 Å². The minimum atomic E-state index is 0.761. The quantitative estimate of drug-likeness (QED) is 0.810. The largest absolute Gasteiger partial charge is 0.399 e. The van der Waals surface area contributed by atoms with E-state index in [4.69, 9.17) is 5.73 Å². The monoisotopic (exact) mass is 239 g/mol. The van der Waals surface area contributed by atoms with Crippen LogP contribution < -0.4 is 11.1 Å². The molecule has 0 atom stereocenters. The molecule has 0 radical (unpaired) electrons. The van der Waals surface area contributed by atoms with Gasteiger partial charge in [0, 0.05) is 17.9 Å². The molecule has 0 unspecified atom stereocenters. The molecule has 0 aliphatic heterocycles. The first-order valence-corrected chi connectivity index (χ1v) is 6.38. The van der Waals surface area contributed by atoms with Crippen LogP contribution in [0, 0.1) is 0 Å². The first-order chi connectivity index (χ1) is 8.81. The highest BCUT2D eigenvalue weighted by Crippen LogP contribution is 2.21. The molecule has 18 heavy (non-hydrogen) atoms. The van der Waals surface area contributed by atoms with Crippen molar-refractivity contribution in [3.8, 4) is 0 Å². The van der Waals surface area contributed by atoms with E-state index >= 15 is 0 Å². The predicted molar refractivity (Wildman–Crippen MR) is 74.4 cm³/mol. The zero-order chi connectivity index (χ0) is 12.4. The molecule has 0 spiro atoms. The van der Waals surface area contributed by atoms with Crippen LogP contribution >= 0.6 is 0 Å². The van der Waals surface area contributed by atoms with E-state index in [1.165, 1.54) is 29.7 Å². The number of anilines is 2. The second kappa shape index (κ2) is 4.69. The summed E-state index contributed by atoms with van der Waals surface area (Å²) in [4.78, 5) is 4.65. The van der Waals surface area contributed by atoms with Crippen LogP contribution in [0.1, 0.15) is 23.2 Å². The van der Waals surface area contributed by atoms with Crippen molar-refractivity contribution in [2.75, 3.05) is 11.1 Å². The lowest BCUT2D eigenvalue weighted by Crippen LogP contribution is -2.03. The summed E-state index contributed by atoms with van der Waals surface area (Å²) in [6.45, 7) is 0.761. The number of rotatable bonds is 3. The Morgan fingerprint density at radius 2 is 2.11 bits per heavy atom. The maximum Gasteiger partial charge on any atom is 0.126 e. The molecule has 1 aromatic carbocycles. The molecule has 0 saturated heterocycles. The van der Waals surface area contributed by atoms with Crippen LogP contribution in [0.2, 0.25) is 0 Å². The van der Waals surface area contributed by atoms with Crippen molar-refractivity contribution in [3.05, 3.63) is 53.2 Å². The lowest BCUT2D eigenvalue weighted by Gasteiger charge is -2.08. The number of hydrogen-bond acceptors (Lipinski definition) is 3. The van der Waals surface area contributed by atoms with Crippen molar-refractivity contribution in [3.63, 3.8) is 0 Å². The third-order valence-corrected chi connectivity index (χ3v) is 3.35. The van der Waals surface area contributed by atoms with Gasteiger partial charge in [-0.15, -0.1) is 0 Å². The van der Waals surface area contributed by atoms with Gasteiger partial charge < -0.3 is 11.1 Å². The molecule has 3 rings (SSSR count). The third-order valence-electron chi connectivity index (χ3n) is 3.35. The average Bonchev–Trinajstić information content (AvgIpc) is 2.84. The molecule has 3 heteroatoms. The Hall–Kier alpha value is -2.03. The summed E-state index contributed by atoms with van der Waals surface area (Å²) in [5.41, 5.74) is 10.4. The van der Waals surface area contributed by atoms with Gasteiger partial charge in [0.1, 0.15) is 5.82 Å². The fraction of sp³-hybridized carbons (Fsp3) is 0.267.